The average Bonchev–Trinajstić information content (AvgIpc) is 2.36. The van der Waals surface area contributed by atoms with Crippen LogP contribution in [-0.2, 0) is 0 Å². The first-order valence-electron chi connectivity index (χ1n) is 5.91. The summed E-state index contributed by atoms with van der Waals surface area (Å²) in [5.74, 6) is -0.154. The van der Waals surface area contributed by atoms with E-state index in [0.29, 0.717) is 11.3 Å². The van der Waals surface area contributed by atoms with E-state index in [1.54, 1.807) is 12.1 Å². The van der Waals surface area contributed by atoms with Gasteiger partial charge in [0.05, 0.1) is 5.56 Å². The van der Waals surface area contributed by atoms with Crippen molar-refractivity contribution in [3.05, 3.63) is 57.6 Å². The quantitative estimate of drug-likeness (QED) is 0.825. The summed E-state index contributed by atoms with van der Waals surface area (Å²) in [6.07, 6.45) is 0. The summed E-state index contributed by atoms with van der Waals surface area (Å²) in [7, 11) is 0. The third-order valence-corrected chi connectivity index (χ3v) is 3.67. The van der Waals surface area contributed by atoms with E-state index in [1.165, 1.54) is 0 Å². The van der Waals surface area contributed by atoms with Gasteiger partial charge in [-0.2, -0.15) is 0 Å². The van der Waals surface area contributed by atoms with E-state index in [4.69, 9.17) is 5.73 Å². The number of nitrogens with two attached hydrogens (primary N) is 1. The Morgan fingerprint density at radius 3 is 2.53 bits per heavy atom. The number of anilines is 2. The van der Waals surface area contributed by atoms with Crippen LogP contribution in [-0.4, -0.2) is 5.91 Å². The number of nitrogens with one attached hydrogen (secondary N) is 1. The lowest BCUT2D eigenvalue weighted by Gasteiger charge is -2.12. The van der Waals surface area contributed by atoms with Gasteiger partial charge >= 0.3 is 0 Å². The van der Waals surface area contributed by atoms with Gasteiger partial charge in [-0.25, -0.2) is 0 Å². The Morgan fingerprint density at radius 1 is 1.16 bits per heavy atom. The van der Waals surface area contributed by atoms with Crippen molar-refractivity contribution in [3.8, 4) is 0 Å². The minimum absolute atomic E-state index is 0.154. The topological polar surface area (TPSA) is 55.1 Å². The molecule has 0 atom stereocenters. The highest BCUT2D eigenvalue weighted by Gasteiger charge is 2.11. The Hall–Kier alpha value is -1.81. The molecule has 0 fully saturated rings. The van der Waals surface area contributed by atoms with Gasteiger partial charge in [0, 0.05) is 15.8 Å². The Labute approximate surface area is 121 Å². The lowest BCUT2D eigenvalue weighted by molar-refractivity contribution is 0.102. The molecule has 98 valence electrons. The Kier molecular flexibility index (Phi) is 3.90. The highest BCUT2D eigenvalue weighted by molar-refractivity contribution is 9.10. The van der Waals surface area contributed by atoms with Crippen LogP contribution in [0.1, 0.15) is 21.5 Å². The van der Waals surface area contributed by atoms with Crippen molar-refractivity contribution in [1.82, 2.24) is 0 Å². The molecule has 0 saturated heterocycles. The summed E-state index contributed by atoms with van der Waals surface area (Å²) in [5, 5.41) is 2.89. The monoisotopic (exact) mass is 318 g/mol. The van der Waals surface area contributed by atoms with Crippen molar-refractivity contribution in [1.29, 1.82) is 0 Å². The van der Waals surface area contributed by atoms with E-state index in [1.807, 2.05) is 38.1 Å². The van der Waals surface area contributed by atoms with Crippen molar-refractivity contribution in [2.24, 2.45) is 0 Å². The number of carbonyl (C=O) groups is 1. The molecule has 0 aliphatic heterocycles. The SMILES string of the molecule is Cc1cc(C)c(NC(=O)c2ccccc2Br)cc1N. The Balaban J connectivity index is 2.30. The molecule has 0 aliphatic rings. The first-order valence-corrected chi connectivity index (χ1v) is 6.71. The Bertz CT molecular complexity index is 638. The summed E-state index contributed by atoms with van der Waals surface area (Å²) in [6, 6.07) is 11.1. The largest absolute Gasteiger partial charge is 0.398 e. The molecule has 3 nitrogen and oxygen atoms in total. The average molecular weight is 319 g/mol. The third kappa shape index (κ3) is 2.96. The van der Waals surface area contributed by atoms with Crippen LogP contribution in [0, 0.1) is 13.8 Å². The van der Waals surface area contributed by atoms with E-state index in [9.17, 15) is 4.79 Å². The molecule has 4 heteroatoms. The van der Waals surface area contributed by atoms with E-state index >= 15 is 0 Å². The minimum Gasteiger partial charge on any atom is -0.398 e. The van der Waals surface area contributed by atoms with Crippen molar-refractivity contribution in [2.75, 3.05) is 11.1 Å². The third-order valence-electron chi connectivity index (χ3n) is 2.98. The van der Waals surface area contributed by atoms with Crippen LogP contribution < -0.4 is 11.1 Å². The van der Waals surface area contributed by atoms with Gasteiger partial charge in [-0.15, -0.1) is 0 Å². The predicted octanol–water partition coefficient (Wildman–Crippen LogP) is 3.90. The molecule has 2 aromatic rings. The fraction of sp³-hybridized carbons (Fsp3) is 0.133. The molecule has 0 spiro atoms. The molecule has 0 saturated carbocycles. The van der Waals surface area contributed by atoms with Crippen LogP contribution in [0.2, 0.25) is 0 Å². The van der Waals surface area contributed by atoms with Gasteiger partial charge in [0.1, 0.15) is 0 Å². The lowest BCUT2D eigenvalue weighted by atomic mass is 10.1. The van der Waals surface area contributed by atoms with Gasteiger partial charge in [-0.1, -0.05) is 18.2 Å². The highest BCUT2D eigenvalue weighted by atomic mass is 79.9. The van der Waals surface area contributed by atoms with Crippen molar-refractivity contribution in [3.63, 3.8) is 0 Å². The number of amides is 1. The van der Waals surface area contributed by atoms with Gasteiger partial charge < -0.3 is 11.1 Å². The van der Waals surface area contributed by atoms with Gasteiger partial charge in [0.25, 0.3) is 5.91 Å². The van der Waals surface area contributed by atoms with Crippen LogP contribution in [0.25, 0.3) is 0 Å². The summed E-state index contributed by atoms with van der Waals surface area (Å²) in [4.78, 5) is 12.2. The molecule has 0 bridgehead atoms. The molecular formula is C15H15BrN2O. The van der Waals surface area contributed by atoms with E-state index in [-0.39, 0.29) is 5.91 Å². The Morgan fingerprint density at radius 2 is 1.84 bits per heavy atom. The van der Waals surface area contributed by atoms with Crippen LogP contribution in [0.3, 0.4) is 0 Å². The van der Waals surface area contributed by atoms with Crippen LogP contribution in [0.5, 0.6) is 0 Å². The standard InChI is InChI=1S/C15H15BrN2O/c1-9-7-10(2)14(8-13(9)17)18-15(19)11-5-3-4-6-12(11)16/h3-8H,17H2,1-2H3,(H,18,19). The van der Waals surface area contributed by atoms with E-state index in [2.05, 4.69) is 21.2 Å². The number of aryl methyl sites for hydroxylation is 2. The van der Waals surface area contributed by atoms with Crippen LogP contribution in [0.15, 0.2) is 40.9 Å². The number of halogens is 1. The van der Waals surface area contributed by atoms with E-state index in [0.717, 1.165) is 21.3 Å². The molecule has 2 rings (SSSR count). The number of hydrogen-bond acceptors (Lipinski definition) is 2. The van der Waals surface area contributed by atoms with Crippen molar-refractivity contribution in [2.45, 2.75) is 13.8 Å². The maximum atomic E-state index is 12.2. The molecule has 0 aliphatic carbocycles. The number of nitrogen functional groups attached to an aromatic ring is 1. The second-order valence-electron chi connectivity index (χ2n) is 4.46. The molecule has 3 N–H and O–H groups in total. The first-order chi connectivity index (χ1) is 8.99. The maximum absolute atomic E-state index is 12.2. The number of benzene rings is 2. The summed E-state index contributed by atoms with van der Waals surface area (Å²) < 4.78 is 0.769. The number of hydrogen-bond donors (Lipinski definition) is 2. The molecular weight excluding hydrogens is 304 g/mol. The highest BCUT2D eigenvalue weighted by Crippen LogP contribution is 2.24. The molecule has 0 heterocycles. The normalized spacial score (nSPS) is 10.3. The lowest BCUT2D eigenvalue weighted by Crippen LogP contribution is -2.13. The summed E-state index contributed by atoms with van der Waals surface area (Å²) in [5.41, 5.74) is 9.89. The second-order valence-corrected chi connectivity index (χ2v) is 5.31. The molecule has 19 heavy (non-hydrogen) atoms. The molecule has 2 aromatic carbocycles. The second kappa shape index (κ2) is 5.45. The van der Waals surface area contributed by atoms with Crippen molar-refractivity contribution >= 4 is 33.2 Å². The molecule has 0 radical (unpaired) electrons. The van der Waals surface area contributed by atoms with Gasteiger partial charge in [0.15, 0.2) is 0 Å². The zero-order chi connectivity index (χ0) is 14.0. The summed E-state index contributed by atoms with van der Waals surface area (Å²) >= 11 is 3.37. The molecule has 1 amide bonds. The minimum atomic E-state index is -0.154. The molecule has 0 aromatic heterocycles. The molecule has 0 unspecified atom stereocenters. The van der Waals surface area contributed by atoms with Crippen molar-refractivity contribution < 1.29 is 4.79 Å². The van der Waals surface area contributed by atoms with Gasteiger partial charge in [-0.05, 0) is 59.1 Å². The smallest absolute Gasteiger partial charge is 0.256 e. The number of carbonyl (C=O) groups excluding carboxylic acids is 1. The van der Waals surface area contributed by atoms with Gasteiger partial charge in [-0.3, -0.25) is 4.79 Å². The maximum Gasteiger partial charge on any atom is 0.256 e. The van der Waals surface area contributed by atoms with E-state index < -0.39 is 0 Å². The fourth-order valence-corrected chi connectivity index (χ4v) is 2.30. The van der Waals surface area contributed by atoms with Crippen LogP contribution in [0.4, 0.5) is 11.4 Å². The number of rotatable bonds is 2. The fourth-order valence-electron chi connectivity index (χ4n) is 1.84. The van der Waals surface area contributed by atoms with Gasteiger partial charge in [0.2, 0.25) is 0 Å². The zero-order valence-corrected chi connectivity index (χ0v) is 12.4. The van der Waals surface area contributed by atoms with Crippen LogP contribution >= 0.6 is 15.9 Å². The zero-order valence-electron chi connectivity index (χ0n) is 10.8. The first kappa shape index (κ1) is 13.6. The summed E-state index contributed by atoms with van der Waals surface area (Å²) in [6.45, 7) is 3.89. The predicted molar refractivity (Wildman–Crippen MR) is 82.4 cm³/mol.